The Hall–Kier alpha value is -5.14. The zero-order valence-corrected chi connectivity index (χ0v) is 21.4. The van der Waals surface area contributed by atoms with Crippen molar-refractivity contribution in [2.45, 2.75) is 13.5 Å². The minimum atomic E-state index is 0.508. The highest BCUT2D eigenvalue weighted by Gasteiger charge is 2.17. The van der Waals surface area contributed by atoms with Crippen molar-refractivity contribution in [3.63, 3.8) is 0 Å². The van der Waals surface area contributed by atoms with Crippen LogP contribution in [0.15, 0.2) is 110 Å². The standard InChI is InChI=1S/C32H25N7/c1-21-7-5-6-10-29(21)39-20-25(19-34-39)31-36-37-32-27-17-26(23-8-3-2-4-9-23)30(35-28(27)15-16-38(31)32)24-13-11-22(18-33)12-14-24/h2-17,19-20H,18,33H2,1H3. The van der Waals surface area contributed by atoms with Gasteiger partial charge < -0.3 is 5.73 Å². The average Bonchev–Trinajstić information content (AvgIpc) is 3.65. The third kappa shape index (κ3) is 3.96. The van der Waals surface area contributed by atoms with Crippen LogP contribution in [0, 0.1) is 6.92 Å². The predicted molar refractivity (Wildman–Crippen MR) is 154 cm³/mol. The Balaban J connectivity index is 1.39. The molecule has 7 aromatic rings. The molecule has 2 N–H and O–H groups in total. The summed E-state index contributed by atoms with van der Waals surface area (Å²) in [5.41, 5.74) is 15.7. The Morgan fingerprint density at radius 1 is 0.795 bits per heavy atom. The van der Waals surface area contributed by atoms with Crippen molar-refractivity contribution in [3.05, 3.63) is 121 Å². The predicted octanol–water partition coefficient (Wildman–Crippen LogP) is 6.23. The normalized spacial score (nSPS) is 11.4. The number of fused-ring (bicyclic) bond motifs is 3. The largest absolute Gasteiger partial charge is 0.326 e. The second-order valence-corrected chi connectivity index (χ2v) is 9.58. The first-order chi connectivity index (χ1) is 19.2. The van der Waals surface area contributed by atoms with Gasteiger partial charge in [0.15, 0.2) is 11.5 Å². The van der Waals surface area contributed by atoms with E-state index < -0.39 is 0 Å². The maximum Gasteiger partial charge on any atom is 0.171 e. The van der Waals surface area contributed by atoms with Crippen LogP contribution < -0.4 is 5.73 Å². The average molecular weight is 508 g/mol. The molecule has 0 amide bonds. The van der Waals surface area contributed by atoms with Gasteiger partial charge in [-0.15, -0.1) is 10.2 Å². The second-order valence-electron chi connectivity index (χ2n) is 9.58. The molecule has 0 unspecified atom stereocenters. The Bertz CT molecular complexity index is 1950. The van der Waals surface area contributed by atoms with Gasteiger partial charge in [0.25, 0.3) is 0 Å². The zero-order valence-electron chi connectivity index (χ0n) is 21.4. The van der Waals surface area contributed by atoms with Gasteiger partial charge in [0, 0.05) is 35.5 Å². The molecule has 7 rings (SSSR count). The number of hydrogen-bond donors (Lipinski definition) is 1. The Kier molecular flexibility index (Phi) is 5.49. The molecule has 7 heteroatoms. The van der Waals surface area contributed by atoms with Crippen molar-refractivity contribution in [1.82, 2.24) is 29.4 Å². The molecule has 0 fully saturated rings. The van der Waals surface area contributed by atoms with Gasteiger partial charge in [-0.05, 0) is 41.8 Å². The van der Waals surface area contributed by atoms with Gasteiger partial charge in [-0.1, -0.05) is 72.8 Å². The van der Waals surface area contributed by atoms with Crippen molar-refractivity contribution in [2.24, 2.45) is 5.73 Å². The molecular weight excluding hydrogens is 482 g/mol. The lowest BCUT2D eigenvalue weighted by molar-refractivity contribution is 0.873. The lowest BCUT2D eigenvalue weighted by atomic mass is 9.97. The van der Waals surface area contributed by atoms with E-state index in [4.69, 9.17) is 10.7 Å². The second kappa shape index (κ2) is 9.31. The van der Waals surface area contributed by atoms with Gasteiger partial charge in [0.2, 0.25) is 0 Å². The molecular formula is C32H25N7. The van der Waals surface area contributed by atoms with Crippen molar-refractivity contribution >= 4 is 16.6 Å². The maximum absolute atomic E-state index is 5.83. The minimum Gasteiger partial charge on any atom is -0.326 e. The summed E-state index contributed by atoms with van der Waals surface area (Å²) in [6.07, 6.45) is 5.80. The summed E-state index contributed by atoms with van der Waals surface area (Å²) in [5, 5.41) is 14.7. The fourth-order valence-electron chi connectivity index (χ4n) is 5.04. The first-order valence-corrected chi connectivity index (χ1v) is 12.8. The highest BCUT2D eigenvalue weighted by atomic mass is 15.3. The van der Waals surface area contributed by atoms with E-state index in [1.165, 1.54) is 0 Å². The number of aryl methyl sites for hydroxylation is 1. The van der Waals surface area contributed by atoms with E-state index in [-0.39, 0.29) is 0 Å². The van der Waals surface area contributed by atoms with Crippen LogP contribution in [0.1, 0.15) is 11.1 Å². The first kappa shape index (κ1) is 23.0. The van der Waals surface area contributed by atoms with Crippen molar-refractivity contribution < 1.29 is 0 Å². The molecule has 0 radical (unpaired) electrons. The fourth-order valence-corrected chi connectivity index (χ4v) is 5.04. The Labute approximate surface area is 225 Å². The van der Waals surface area contributed by atoms with Crippen LogP contribution in [0.5, 0.6) is 0 Å². The molecule has 0 saturated heterocycles. The summed E-state index contributed by atoms with van der Waals surface area (Å²) in [6.45, 7) is 2.58. The van der Waals surface area contributed by atoms with Gasteiger partial charge in [-0.25, -0.2) is 9.67 Å². The van der Waals surface area contributed by atoms with Crippen molar-refractivity contribution in [2.75, 3.05) is 0 Å². The highest BCUT2D eigenvalue weighted by molar-refractivity contribution is 5.98. The maximum atomic E-state index is 5.83. The molecule has 7 nitrogen and oxygen atoms in total. The van der Waals surface area contributed by atoms with Crippen molar-refractivity contribution in [1.29, 1.82) is 0 Å². The van der Waals surface area contributed by atoms with Crippen LogP contribution in [0.3, 0.4) is 0 Å². The Morgan fingerprint density at radius 3 is 2.38 bits per heavy atom. The highest BCUT2D eigenvalue weighted by Crippen LogP contribution is 2.35. The fraction of sp³-hybridized carbons (Fsp3) is 0.0625. The van der Waals surface area contributed by atoms with E-state index in [9.17, 15) is 0 Å². The molecule has 39 heavy (non-hydrogen) atoms. The van der Waals surface area contributed by atoms with E-state index in [1.807, 2.05) is 64.1 Å². The van der Waals surface area contributed by atoms with Crippen LogP contribution in [0.25, 0.3) is 56.0 Å². The third-order valence-electron chi connectivity index (χ3n) is 7.12. The smallest absolute Gasteiger partial charge is 0.171 e. The number of para-hydroxylation sites is 1. The molecule has 0 atom stereocenters. The number of aromatic nitrogens is 6. The van der Waals surface area contributed by atoms with Crippen LogP contribution >= 0.6 is 0 Å². The van der Waals surface area contributed by atoms with E-state index >= 15 is 0 Å². The van der Waals surface area contributed by atoms with E-state index in [2.05, 4.69) is 76.8 Å². The number of rotatable bonds is 5. The zero-order chi connectivity index (χ0) is 26.3. The van der Waals surface area contributed by atoms with E-state index in [0.717, 1.165) is 67.1 Å². The monoisotopic (exact) mass is 507 g/mol. The van der Waals surface area contributed by atoms with Gasteiger partial charge in [-0.3, -0.25) is 4.40 Å². The summed E-state index contributed by atoms with van der Waals surface area (Å²) in [7, 11) is 0. The van der Waals surface area contributed by atoms with Gasteiger partial charge in [0.05, 0.1) is 28.7 Å². The van der Waals surface area contributed by atoms with Crippen molar-refractivity contribution in [3.8, 4) is 39.5 Å². The summed E-state index contributed by atoms with van der Waals surface area (Å²) in [6, 6.07) is 31.0. The van der Waals surface area contributed by atoms with Crippen LogP contribution in [0.4, 0.5) is 0 Å². The molecule has 4 aromatic heterocycles. The topological polar surface area (TPSA) is 86.9 Å². The van der Waals surface area contributed by atoms with Gasteiger partial charge in [-0.2, -0.15) is 5.10 Å². The minimum absolute atomic E-state index is 0.508. The van der Waals surface area contributed by atoms with E-state index in [0.29, 0.717) is 6.54 Å². The van der Waals surface area contributed by atoms with Crippen LogP contribution in [-0.2, 0) is 6.54 Å². The summed E-state index contributed by atoms with van der Waals surface area (Å²) in [4.78, 5) is 5.13. The molecule has 0 bridgehead atoms. The summed E-state index contributed by atoms with van der Waals surface area (Å²) < 4.78 is 3.89. The lowest BCUT2D eigenvalue weighted by Crippen LogP contribution is -1.97. The third-order valence-corrected chi connectivity index (χ3v) is 7.12. The molecule has 188 valence electrons. The molecule has 0 aliphatic carbocycles. The van der Waals surface area contributed by atoms with E-state index in [1.54, 1.807) is 0 Å². The number of hydrogen-bond acceptors (Lipinski definition) is 5. The van der Waals surface area contributed by atoms with Gasteiger partial charge in [0.1, 0.15) is 0 Å². The molecule has 3 aromatic carbocycles. The quantitative estimate of drug-likeness (QED) is 0.298. The number of benzene rings is 3. The molecule has 4 heterocycles. The molecule has 0 aliphatic rings. The van der Waals surface area contributed by atoms with Crippen LogP contribution in [0.2, 0.25) is 0 Å². The summed E-state index contributed by atoms with van der Waals surface area (Å²) in [5.74, 6) is 0.731. The lowest BCUT2D eigenvalue weighted by Gasteiger charge is -2.12. The number of nitrogens with zero attached hydrogens (tertiary/aromatic N) is 6. The molecule has 0 saturated carbocycles. The number of pyridine rings is 2. The Morgan fingerprint density at radius 2 is 1.59 bits per heavy atom. The van der Waals surface area contributed by atoms with Crippen LogP contribution in [-0.4, -0.2) is 29.4 Å². The SMILES string of the molecule is Cc1ccccc1-n1cc(-c2nnc3c4cc(-c5ccccc5)c(-c5ccc(CN)cc5)nc4ccn23)cn1. The number of nitrogens with two attached hydrogens (primary N) is 1. The van der Waals surface area contributed by atoms with Gasteiger partial charge >= 0.3 is 0 Å². The first-order valence-electron chi connectivity index (χ1n) is 12.8. The molecule has 0 aliphatic heterocycles. The summed E-state index contributed by atoms with van der Waals surface area (Å²) >= 11 is 0. The molecule has 0 spiro atoms.